The quantitative estimate of drug-likeness (QED) is 0.823. The summed E-state index contributed by atoms with van der Waals surface area (Å²) in [6.45, 7) is 6.07. The van der Waals surface area contributed by atoms with E-state index >= 15 is 0 Å². The summed E-state index contributed by atoms with van der Waals surface area (Å²) in [5.74, 6) is 0.594. The van der Waals surface area contributed by atoms with Crippen LogP contribution in [0.1, 0.15) is 56.3 Å². The fourth-order valence-corrected chi connectivity index (χ4v) is 4.82. The normalized spacial score (nSPS) is 27.6. The molecule has 0 spiro atoms. The van der Waals surface area contributed by atoms with Crippen LogP contribution in [-0.2, 0) is 9.59 Å². The Morgan fingerprint density at radius 2 is 2.04 bits per heavy atom. The summed E-state index contributed by atoms with van der Waals surface area (Å²) >= 11 is 0. The minimum atomic E-state index is -0.683. The van der Waals surface area contributed by atoms with E-state index in [0.717, 1.165) is 19.5 Å². The Morgan fingerprint density at radius 3 is 2.81 bits per heavy atom. The number of benzene rings is 1. The Hall–Kier alpha value is -2.37. The molecule has 1 aromatic rings. The first-order chi connectivity index (χ1) is 12.9. The third kappa shape index (κ3) is 2.91. The van der Waals surface area contributed by atoms with Crippen LogP contribution >= 0.6 is 0 Å². The summed E-state index contributed by atoms with van der Waals surface area (Å²) in [5.41, 5.74) is 0.557. The molecule has 3 aliphatic heterocycles. The number of fused-ring (bicyclic) bond motifs is 3. The van der Waals surface area contributed by atoms with E-state index in [1.807, 2.05) is 30.0 Å². The first-order valence-corrected chi connectivity index (χ1v) is 9.93. The van der Waals surface area contributed by atoms with E-state index in [-0.39, 0.29) is 17.7 Å². The number of amides is 3. The molecule has 144 valence electrons. The number of para-hydroxylation sites is 1. The average Bonchev–Trinajstić information content (AvgIpc) is 2.97. The number of hydrogen-bond donors (Lipinski definition) is 0. The third-order valence-corrected chi connectivity index (χ3v) is 6.30. The number of carbonyl (C=O) groups excluding carboxylic acids is 3. The van der Waals surface area contributed by atoms with Crippen LogP contribution in [0.2, 0.25) is 0 Å². The highest BCUT2D eigenvalue weighted by atomic mass is 16.2. The van der Waals surface area contributed by atoms with Crippen LogP contribution in [0.4, 0.5) is 5.69 Å². The number of piperidine rings is 1. The van der Waals surface area contributed by atoms with Gasteiger partial charge in [-0.15, -0.1) is 0 Å². The molecular weight excluding hydrogens is 342 g/mol. The summed E-state index contributed by atoms with van der Waals surface area (Å²) in [7, 11) is 0. The van der Waals surface area contributed by atoms with Crippen LogP contribution in [0.5, 0.6) is 0 Å². The smallest absolute Gasteiger partial charge is 0.257 e. The molecule has 0 saturated carbocycles. The number of anilines is 1. The van der Waals surface area contributed by atoms with Gasteiger partial charge in [0.25, 0.3) is 5.91 Å². The van der Waals surface area contributed by atoms with Crippen LogP contribution in [0.25, 0.3) is 0 Å². The van der Waals surface area contributed by atoms with E-state index in [1.165, 1.54) is 6.42 Å². The van der Waals surface area contributed by atoms with Crippen molar-refractivity contribution in [1.29, 1.82) is 0 Å². The highest BCUT2D eigenvalue weighted by Gasteiger charge is 2.52. The number of carbonyl (C=O) groups is 3. The highest BCUT2D eigenvalue weighted by Crippen LogP contribution is 2.44. The molecule has 4 rings (SSSR count). The van der Waals surface area contributed by atoms with Gasteiger partial charge in [-0.3, -0.25) is 19.3 Å². The lowest BCUT2D eigenvalue weighted by Gasteiger charge is -2.48. The van der Waals surface area contributed by atoms with Crippen LogP contribution in [0, 0.1) is 5.92 Å². The maximum Gasteiger partial charge on any atom is 0.257 e. The van der Waals surface area contributed by atoms with Gasteiger partial charge in [-0.1, -0.05) is 19.1 Å². The first-order valence-electron chi connectivity index (χ1n) is 9.93. The Morgan fingerprint density at radius 1 is 1.26 bits per heavy atom. The molecule has 0 aliphatic carbocycles. The van der Waals surface area contributed by atoms with Gasteiger partial charge in [0.15, 0.2) is 0 Å². The average molecular weight is 369 g/mol. The van der Waals surface area contributed by atoms with Gasteiger partial charge in [0.05, 0.1) is 11.3 Å². The molecule has 2 atom stereocenters. The molecule has 27 heavy (non-hydrogen) atoms. The second kappa shape index (κ2) is 6.66. The van der Waals surface area contributed by atoms with E-state index in [9.17, 15) is 14.4 Å². The van der Waals surface area contributed by atoms with Gasteiger partial charge in [-0.25, -0.2) is 0 Å². The lowest BCUT2D eigenvalue weighted by Crippen LogP contribution is -2.62. The molecule has 6 heteroatoms. The molecule has 0 radical (unpaired) electrons. The topological polar surface area (TPSA) is 60.9 Å². The van der Waals surface area contributed by atoms with E-state index < -0.39 is 5.66 Å². The van der Waals surface area contributed by atoms with Crippen LogP contribution in [0.3, 0.4) is 0 Å². The molecule has 2 saturated heterocycles. The van der Waals surface area contributed by atoms with Gasteiger partial charge in [0.2, 0.25) is 11.8 Å². The monoisotopic (exact) mass is 369 g/mol. The largest absolute Gasteiger partial charge is 0.342 e. The predicted molar refractivity (Wildman–Crippen MR) is 102 cm³/mol. The van der Waals surface area contributed by atoms with E-state index in [1.54, 1.807) is 15.9 Å². The summed E-state index contributed by atoms with van der Waals surface area (Å²) in [5, 5.41) is 0. The number of hydrogen-bond acceptors (Lipinski definition) is 3. The standard InChI is InChI=1S/C21H27N3O3/c1-15-6-5-12-22(14-15)18(25)10-13-23-20(27)16-7-3-4-8-17(16)24-19(26)9-11-21(23,24)2/h3-4,7-8,15H,5-6,9-14H2,1-2H3. The Labute approximate surface area is 160 Å². The summed E-state index contributed by atoms with van der Waals surface area (Å²) in [6, 6.07) is 7.28. The third-order valence-electron chi connectivity index (χ3n) is 6.30. The van der Waals surface area contributed by atoms with E-state index in [0.29, 0.717) is 43.0 Å². The minimum absolute atomic E-state index is 0.0404. The van der Waals surface area contributed by atoms with Crippen molar-refractivity contribution in [2.75, 3.05) is 24.5 Å². The lowest BCUT2D eigenvalue weighted by molar-refractivity contribution is -0.133. The Kier molecular flexibility index (Phi) is 4.44. The molecular formula is C21H27N3O3. The maximum absolute atomic E-state index is 13.2. The second-order valence-corrected chi connectivity index (χ2v) is 8.26. The van der Waals surface area contributed by atoms with Crippen LogP contribution in [-0.4, -0.2) is 52.8 Å². The predicted octanol–water partition coefficient (Wildman–Crippen LogP) is 2.63. The van der Waals surface area contributed by atoms with Crippen molar-refractivity contribution in [3.05, 3.63) is 29.8 Å². The molecule has 2 fully saturated rings. The van der Waals surface area contributed by atoms with Gasteiger partial charge in [0.1, 0.15) is 5.66 Å². The van der Waals surface area contributed by atoms with Gasteiger partial charge in [0, 0.05) is 32.5 Å². The Bertz CT molecular complexity index is 793. The molecule has 0 bridgehead atoms. The fraction of sp³-hybridized carbons (Fsp3) is 0.571. The van der Waals surface area contributed by atoms with Crippen molar-refractivity contribution >= 4 is 23.4 Å². The molecule has 3 aliphatic rings. The molecule has 1 aromatic carbocycles. The number of rotatable bonds is 3. The summed E-state index contributed by atoms with van der Waals surface area (Å²) < 4.78 is 0. The number of likely N-dealkylation sites (tertiary alicyclic amines) is 1. The van der Waals surface area contributed by atoms with Gasteiger partial charge in [-0.05, 0) is 44.2 Å². The van der Waals surface area contributed by atoms with Crippen LogP contribution in [0.15, 0.2) is 24.3 Å². The van der Waals surface area contributed by atoms with Crippen molar-refractivity contribution < 1.29 is 14.4 Å². The minimum Gasteiger partial charge on any atom is -0.342 e. The zero-order chi connectivity index (χ0) is 19.2. The highest BCUT2D eigenvalue weighted by molar-refractivity contribution is 6.10. The molecule has 3 amide bonds. The Balaban J connectivity index is 1.56. The van der Waals surface area contributed by atoms with Crippen molar-refractivity contribution in [2.45, 2.75) is 51.6 Å². The zero-order valence-corrected chi connectivity index (χ0v) is 16.1. The zero-order valence-electron chi connectivity index (χ0n) is 16.1. The maximum atomic E-state index is 13.2. The van der Waals surface area contributed by atoms with Crippen molar-refractivity contribution in [2.24, 2.45) is 5.92 Å². The van der Waals surface area contributed by atoms with Gasteiger partial charge in [-0.2, -0.15) is 0 Å². The van der Waals surface area contributed by atoms with Crippen molar-refractivity contribution in [3.63, 3.8) is 0 Å². The van der Waals surface area contributed by atoms with Crippen LogP contribution < -0.4 is 4.90 Å². The number of nitrogens with zero attached hydrogens (tertiary/aromatic N) is 3. The van der Waals surface area contributed by atoms with Crippen molar-refractivity contribution in [3.8, 4) is 0 Å². The van der Waals surface area contributed by atoms with E-state index in [2.05, 4.69) is 6.92 Å². The molecule has 6 nitrogen and oxygen atoms in total. The van der Waals surface area contributed by atoms with Crippen molar-refractivity contribution in [1.82, 2.24) is 9.80 Å². The molecule has 0 N–H and O–H groups in total. The summed E-state index contributed by atoms with van der Waals surface area (Å²) in [4.78, 5) is 43.9. The molecule has 3 heterocycles. The molecule has 0 aromatic heterocycles. The lowest BCUT2D eigenvalue weighted by atomic mass is 9.97. The van der Waals surface area contributed by atoms with E-state index in [4.69, 9.17) is 0 Å². The SMILES string of the molecule is CC1CCCN(C(=O)CCN2C(=O)c3ccccc3N3C(=O)CCC23C)C1. The van der Waals surface area contributed by atoms with Gasteiger partial charge >= 0.3 is 0 Å². The fourth-order valence-electron chi connectivity index (χ4n) is 4.82. The second-order valence-electron chi connectivity index (χ2n) is 8.26. The van der Waals surface area contributed by atoms with Gasteiger partial charge < -0.3 is 9.80 Å². The summed E-state index contributed by atoms with van der Waals surface area (Å²) in [6.07, 6.45) is 3.54. The first kappa shape index (κ1) is 18.0. The molecule has 2 unspecified atom stereocenters.